The van der Waals surface area contributed by atoms with Gasteiger partial charge in [-0.3, -0.25) is 0 Å². The number of amidine groups is 1. The van der Waals surface area contributed by atoms with Crippen molar-refractivity contribution < 1.29 is 24.1 Å². The predicted molar refractivity (Wildman–Crippen MR) is 78.3 cm³/mol. The Labute approximate surface area is 127 Å². The molecule has 0 aliphatic rings. The number of ether oxygens (including phenoxy) is 2. The number of pyridine rings is 1. The van der Waals surface area contributed by atoms with Gasteiger partial charge in [-0.25, -0.2) is 9.78 Å². The number of nitrogens with two attached hydrogens (primary N) is 1. The second-order valence-electron chi connectivity index (χ2n) is 4.18. The van der Waals surface area contributed by atoms with Crippen molar-refractivity contribution in [3.05, 3.63) is 54.4 Å². The lowest BCUT2D eigenvalue weighted by Gasteiger charge is -2.05. The zero-order chi connectivity index (χ0) is 15.8. The lowest BCUT2D eigenvalue weighted by Crippen LogP contribution is -2.25. The summed E-state index contributed by atoms with van der Waals surface area (Å²) in [4.78, 5) is 19.1. The quantitative estimate of drug-likeness (QED) is 0.367. The molecule has 1 heterocycles. The number of nitrogens with one attached hydrogen (secondary N) is 1. The Balaban J connectivity index is 1.82. The molecular weight excluding hydrogens is 286 g/mol. The van der Waals surface area contributed by atoms with Crippen molar-refractivity contribution in [1.29, 1.82) is 0 Å². The molecule has 1 aromatic carbocycles. The first-order chi connectivity index (χ1) is 10.7. The van der Waals surface area contributed by atoms with Crippen LogP contribution in [0.5, 0.6) is 11.5 Å². The molecule has 0 spiro atoms. The Morgan fingerprint density at radius 2 is 1.91 bits per heavy atom. The first-order valence-corrected chi connectivity index (χ1v) is 6.46. The summed E-state index contributed by atoms with van der Waals surface area (Å²) in [5.41, 5.74) is 6.22. The fourth-order valence-electron chi connectivity index (χ4n) is 1.54. The van der Waals surface area contributed by atoms with Crippen LogP contribution in [-0.4, -0.2) is 25.5 Å². The van der Waals surface area contributed by atoms with E-state index in [1.54, 1.807) is 55.8 Å². The Hall–Kier alpha value is -3.09. The van der Waals surface area contributed by atoms with Crippen LogP contribution in [0.1, 0.15) is 5.69 Å². The highest BCUT2D eigenvalue weighted by Crippen LogP contribution is 2.16. The Morgan fingerprint density at radius 1 is 1.18 bits per heavy atom. The summed E-state index contributed by atoms with van der Waals surface area (Å²) in [7, 11) is 1.57. The number of aromatic nitrogens is 1. The molecule has 0 saturated heterocycles. The minimum absolute atomic E-state index is 0.0680. The number of benzene rings is 1. The molecule has 22 heavy (non-hydrogen) atoms. The predicted octanol–water partition coefficient (Wildman–Crippen LogP) is 0.752. The average molecular weight is 302 g/mol. The minimum Gasteiger partial charge on any atom is -0.497 e. The highest BCUT2D eigenvalue weighted by Gasteiger charge is 2.09. The van der Waals surface area contributed by atoms with E-state index in [0.29, 0.717) is 17.2 Å². The topological polar surface area (TPSA) is 97.3 Å². The van der Waals surface area contributed by atoms with Crippen molar-refractivity contribution >= 4 is 11.8 Å². The van der Waals surface area contributed by atoms with Gasteiger partial charge < -0.3 is 20.0 Å². The minimum atomic E-state index is -0.658. The van der Waals surface area contributed by atoms with Gasteiger partial charge in [0.15, 0.2) is 12.8 Å². The van der Waals surface area contributed by atoms with Gasteiger partial charge in [0.05, 0.1) is 7.11 Å². The number of nitrogens with zero attached hydrogens (tertiary/aromatic N) is 1. The van der Waals surface area contributed by atoms with E-state index in [1.807, 2.05) is 0 Å². The number of hydrogen-bond donors (Lipinski definition) is 1. The van der Waals surface area contributed by atoms with E-state index < -0.39 is 5.97 Å². The lowest BCUT2D eigenvalue weighted by atomic mass is 10.3. The van der Waals surface area contributed by atoms with Crippen LogP contribution in [0.2, 0.25) is 0 Å². The van der Waals surface area contributed by atoms with Crippen LogP contribution in [0.15, 0.2) is 53.8 Å². The second kappa shape index (κ2) is 7.63. The molecule has 7 heteroatoms. The van der Waals surface area contributed by atoms with Gasteiger partial charge in [0.25, 0.3) is 0 Å². The Kier molecular flexibility index (Phi) is 5.31. The fraction of sp³-hybridized carbons (Fsp3) is 0.133. The fourth-order valence-corrected chi connectivity index (χ4v) is 1.54. The molecule has 0 unspecified atom stereocenters. The molecule has 0 atom stereocenters. The van der Waals surface area contributed by atoms with E-state index in [-0.39, 0.29) is 12.4 Å². The van der Waals surface area contributed by atoms with E-state index in [9.17, 15) is 4.79 Å². The summed E-state index contributed by atoms with van der Waals surface area (Å²) < 4.78 is 10.3. The number of aromatic amines is 1. The summed E-state index contributed by atoms with van der Waals surface area (Å²) in [6.07, 6.45) is 1.69. The number of H-pyrrole nitrogens is 1. The molecular formula is C15H16N3O4+. The van der Waals surface area contributed by atoms with Crippen molar-refractivity contribution in [2.45, 2.75) is 0 Å². The first kappa shape index (κ1) is 15.3. The van der Waals surface area contributed by atoms with Gasteiger partial charge in [-0.05, 0) is 30.3 Å². The number of rotatable bonds is 6. The third-order valence-corrected chi connectivity index (χ3v) is 2.65. The van der Waals surface area contributed by atoms with Crippen LogP contribution in [0.25, 0.3) is 0 Å². The monoisotopic (exact) mass is 302 g/mol. The highest BCUT2D eigenvalue weighted by atomic mass is 16.7. The number of hydrogen-bond acceptors (Lipinski definition) is 5. The molecule has 2 aromatic rings. The summed E-state index contributed by atoms with van der Waals surface area (Å²) in [6.45, 7) is -0.276. The van der Waals surface area contributed by atoms with Crippen LogP contribution in [0.4, 0.5) is 0 Å². The maximum absolute atomic E-state index is 11.5. The molecule has 0 aliphatic carbocycles. The van der Waals surface area contributed by atoms with Gasteiger partial charge in [-0.2, -0.15) is 0 Å². The third-order valence-electron chi connectivity index (χ3n) is 2.65. The standard InChI is InChI=1S/C15H15N3O4/c1-20-11-5-7-12(8-6-11)21-10-14(19)22-18-15(16)13-4-2-3-9-17-13/h2-9H,10H2,1H3,(H2,16,18)/p+1. The van der Waals surface area contributed by atoms with Gasteiger partial charge in [-0.15, -0.1) is 0 Å². The van der Waals surface area contributed by atoms with E-state index in [1.165, 1.54) is 0 Å². The van der Waals surface area contributed by atoms with Crippen LogP contribution < -0.4 is 20.2 Å². The van der Waals surface area contributed by atoms with Crippen molar-refractivity contribution in [3.63, 3.8) is 0 Å². The molecule has 0 bridgehead atoms. The maximum atomic E-state index is 11.5. The van der Waals surface area contributed by atoms with Crippen LogP contribution in [0, 0.1) is 0 Å². The number of carbonyl (C=O) groups is 1. The Bertz CT molecular complexity index is 642. The SMILES string of the molecule is COc1ccc(OCC(=O)ON=C(N)c2cccc[nH+]2)cc1. The molecule has 3 N–H and O–H groups in total. The molecule has 0 radical (unpaired) electrons. The summed E-state index contributed by atoms with van der Waals surface area (Å²) in [5.74, 6) is 0.630. The van der Waals surface area contributed by atoms with Crippen LogP contribution in [0.3, 0.4) is 0 Å². The van der Waals surface area contributed by atoms with E-state index in [4.69, 9.17) is 15.2 Å². The highest BCUT2D eigenvalue weighted by molar-refractivity contribution is 5.94. The summed E-state index contributed by atoms with van der Waals surface area (Å²) in [6, 6.07) is 12.1. The average Bonchev–Trinajstić information content (AvgIpc) is 2.59. The molecule has 7 nitrogen and oxygen atoms in total. The largest absolute Gasteiger partial charge is 0.497 e. The molecule has 1 aromatic heterocycles. The van der Waals surface area contributed by atoms with Crippen LogP contribution >= 0.6 is 0 Å². The Morgan fingerprint density at radius 3 is 2.55 bits per heavy atom. The molecule has 0 saturated carbocycles. The van der Waals surface area contributed by atoms with Crippen molar-refractivity contribution in [3.8, 4) is 11.5 Å². The van der Waals surface area contributed by atoms with Crippen molar-refractivity contribution in [2.75, 3.05) is 13.7 Å². The normalized spacial score (nSPS) is 10.9. The van der Waals surface area contributed by atoms with Gasteiger partial charge in [0, 0.05) is 12.1 Å². The van der Waals surface area contributed by atoms with Crippen molar-refractivity contribution in [2.24, 2.45) is 10.9 Å². The lowest BCUT2D eigenvalue weighted by molar-refractivity contribution is -0.380. The molecule has 114 valence electrons. The number of carbonyl (C=O) groups excluding carboxylic acids is 1. The molecule has 0 fully saturated rings. The van der Waals surface area contributed by atoms with E-state index in [0.717, 1.165) is 0 Å². The molecule has 2 rings (SSSR count). The van der Waals surface area contributed by atoms with Gasteiger partial charge in [0.2, 0.25) is 11.5 Å². The number of oxime groups is 1. The number of methoxy groups -OCH3 is 1. The smallest absolute Gasteiger partial charge is 0.372 e. The summed E-state index contributed by atoms with van der Waals surface area (Å²) >= 11 is 0. The van der Waals surface area contributed by atoms with Crippen molar-refractivity contribution in [1.82, 2.24) is 0 Å². The van der Waals surface area contributed by atoms with E-state index >= 15 is 0 Å². The molecule has 0 amide bonds. The van der Waals surface area contributed by atoms with Gasteiger partial charge in [0.1, 0.15) is 11.5 Å². The van der Waals surface area contributed by atoms with Gasteiger partial charge >= 0.3 is 5.97 Å². The third kappa shape index (κ3) is 4.48. The summed E-state index contributed by atoms with van der Waals surface area (Å²) in [5, 5.41) is 3.55. The second-order valence-corrected chi connectivity index (χ2v) is 4.18. The molecule has 0 aliphatic heterocycles. The van der Waals surface area contributed by atoms with Gasteiger partial charge in [-0.1, -0.05) is 5.16 Å². The maximum Gasteiger partial charge on any atom is 0.372 e. The zero-order valence-electron chi connectivity index (χ0n) is 12.0. The first-order valence-electron chi connectivity index (χ1n) is 6.46. The zero-order valence-corrected chi connectivity index (χ0v) is 12.0. The van der Waals surface area contributed by atoms with E-state index in [2.05, 4.69) is 15.0 Å². The van der Waals surface area contributed by atoms with Crippen LogP contribution in [-0.2, 0) is 9.63 Å².